The Morgan fingerprint density at radius 3 is 2.53 bits per heavy atom. The molecule has 2 N–H and O–H groups in total. The zero-order valence-electron chi connectivity index (χ0n) is 16.6. The van der Waals surface area contributed by atoms with Crippen LogP contribution >= 0.6 is 0 Å². The number of carbonyl (C=O) groups is 2. The molecule has 0 aliphatic carbocycles. The summed E-state index contributed by atoms with van der Waals surface area (Å²) in [5, 5.41) is 7.53. The smallest absolute Gasteiger partial charge is 0.251 e. The number of morpholine rings is 1. The summed E-state index contributed by atoms with van der Waals surface area (Å²) in [6.45, 7) is 3.38. The summed E-state index contributed by atoms with van der Waals surface area (Å²) in [5.74, 6) is 0.393. The number of hydrogen-bond acceptors (Lipinski definition) is 5. The molecule has 2 heterocycles. The fourth-order valence-electron chi connectivity index (χ4n) is 3.36. The lowest BCUT2D eigenvalue weighted by Crippen LogP contribution is -2.37. The minimum atomic E-state index is -0.271. The van der Waals surface area contributed by atoms with Gasteiger partial charge in [-0.15, -0.1) is 0 Å². The summed E-state index contributed by atoms with van der Waals surface area (Å²) in [4.78, 5) is 31.1. The first-order valence-electron chi connectivity index (χ1n) is 10.0. The van der Waals surface area contributed by atoms with Gasteiger partial charge in [-0.2, -0.15) is 0 Å². The van der Waals surface area contributed by atoms with E-state index >= 15 is 0 Å². The van der Waals surface area contributed by atoms with Crippen LogP contribution in [0.4, 0.5) is 5.82 Å². The fraction of sp³-hybridized carbons (Fsp3) is 0.261. The van der Waals surface area contributed by atoms with Crippen LogP contribution in [0.1, 0.15) is 15.9 Å². The summed E-state index contributed by atoms with van der Waals surface area (Å²) in [6.07, 6.45) is 1.76. The molecule has 1 aromatic heterocycles. The first-order chi connectivity index (χ1) is 14.7. The van der Waals surface area contributed by atoms with Gasteiger partial charge in [0.05, 0.1) is 19.8 Å². The van der Waals surface area contributed by atoms with E-state index in [1.54, 1.807) is 12.3 Å². The molecule has 2 aromatic carbocycles. The van der Waals surface area contributed by atoms with E-state index in [1.165, 1.54) is 0 Å². The van der Waals surface area contributed by atoms with Gasteiger partial charge in [0, 0.05) is 31.4 Å². The van der Waals surface area contributed by atoms with Crippen LogP contribution in [0.3, 0.4) is 0 Å². The van der Waals surface area contributed by atoms with Crippen molar-refractivity contribution >= 4 is 28.4 Å². The number of benzene rings is 2. The lowest BCUT2D eigenvalue weighted by Gasteiger charge is -2.27. The number of fused-ring (bicyclic) bond motifs is 1. The van der Waals surface area contributed by atoms with Crippen LogP contribution in [0.2, 0.25) is 0 Å². The van der Waals surface area contributed by atoms with Crippen molar-refractivity contribution in [3.05, 3.63) is 71.9 Å². The van der Waals surface area contributed by atoms with Gasteiger partial charge in [0.1, 0.15) is 5.82 Å². The van der Waals surface area contributed by atoms with E-state index in [-0.39, 0.29) is 18.4 Å². The van der Waals surface area contributed by atoms with Gasteiger partial charge < -0.3 is 20.3 Å². The molecule has 0 saturated carbocycles. The number of nitrogens with zero attached hydrogens (tertiary/aromatic N) is 2. The Morgan fingerprint density at radius 1 is 0.967 bits per heavy atom. The van der Waals surface area contributed by atoms with Crippen molar-refractivity contribution in [3.63, 3.8) is 0 Å². The van der Waals surface area contributed by atoms with Gasteiger partial charge in [-0.25, -0.2) is 4.98 Å². The van der Waals surface area contributed by atoms with Crippen molar-refractivity contribution in [2.24, 2.45) is 0 Å². The number of rotatable bonds is 6. The molecule has 0 atom stereocenters. The van der Waals surface area contributed by atoms with Crippen molar-refractivity contribution in [3.8, 4) is 0 Å². The molecule has 1 saturated heterocycles. The predicted molar refractivity (Wildman–Crippen MR) is 115 cm³/mol. The average Bonchev–Trinajstić information content (AvgIpc) is 2.81. The third-order valence-electron chi connectivity index (χ3n) is 5.06. The number of ether oxygens (including phenoxy) is 1. The zero-order valence-corrected chi connectivity index (χ0v) is 16.6. The molecule has 0 spiro atoms. The SMILES string of the molecule is O=C(CNC(=O)c1ccc2ccccc2c1)NCc1ccc(N2CCOCC2)nc1. The summed E-state index contributed by atoms with van der Waals surface area (Å²) >= 11 is 0. The molecule has 0 unspecified atom stereocenters. The van der Waals surface area contributed by atoms with Crippen molar-refractivity contribution in [1.29, 1.82) is 0 Å². The summed E-state index contributed by atoms with van der Waals surface area (Å²) < 4.78 is 5.35. The van der Waals surface area contributed by atoms with Crippen LogP contribution in [0.25, 0.3) is 10.8 Å². The van der Waals surface area contributed by atoms with E-state index in [0.717, 1.165) is 35.2 Å². The van der Waals surface area contributed by atoms with Gasteiger partial charge in [0.15, 0.2) is 0 Å². The quantitative estimate of drug-likeness (QED) is 0.658. The summed E-state index contributed by atoms with van der Waals surface area (Å²) in [6, 6.07) is 17.2. The highest BCUT2D eigenvalue weighted by Crippen LogP contribution is 2.15. The highest BCUT2D eigenvalue weighted by Gasteiger charge is 2.12. The molecule has 0 radical (unpaired) electrons. The van der Waals surface area contributed by atoms with Gasteiger partial charge in [-0.3, -0.25) is 9.59 Å². The topological polar surface area (TPSA) is 83.6 Å². The fourth-order valence-corrected chi connectivity index (χ4v) is 3.36. The normalized spacial score (nSPS) is 13.8. The minimum Gasteiger partial charge on any atom is -0.378 e. The zero-order chi connectivity index (χ0) is 20.8. The molecule has 1 fully saturated rings. The van der Waals surface area contributed by atoms with Crippen LogP contribution in [0.5, 0.6) is 0 Å². The van der Waals surface area contributed by atoms with Crippen LogP contribution in [-0.2, 0) is 16.1 Å². The van der Waals surface area contributed by atoms with Crippen LogP contribution in [-0.4, -0.2) is 49.6 Å². The number of aromatic nitrogens is 1. The van der Waals surface area contributed by atoms with Gasteiger partial charge in [0.2, 0.25) is 5.91 Å². The van der Waals surface area contributed by atoms with Crippen LogP contribution in [0, 0.1) is 0 Å². The van der Waals surface area contributed by atoms with Crippen molar-refractivity contribution in [1.82, 2.24) is 15.6 Å². The number of carbonyl (C=O) groups excluding carboxylic acids is 2. The third kappa shape index (κ3) is 4.93. The molecule has 3 aromatic rings. The van der Waals surface area contributed by atoms with E-state index < -0.39 is 0 Å². The number of hydrogen-bond donors (Lipinski definition) is 2. The van der Waals surface area contributed by atoms with E-state index in [2.05, 4.69) is 20.5 Å². The maximum Gasteiger partial charge on any atom is 0.251 e. The van der Waals surface area contributed by atoms with Gasteiger partial charge in [0.25, 0.3) is 5.91 Å². The van der Waals surface area contributed by atoms with Crippen molar-refractivity contribution in [2.75, 3.05) is 37.7 Å². The second-order valence-electron chi connectivity index (χ2n) is 7.15. The molecule has 154 valence electrons. The molecule has 1 aliphatic rings. The van der Waals surface area contributed by atoms with E-state index in [0.29, 0.717) is 25.3 Å². The largest absolute Gasteiger partial charge is 0.378 e. The Morgan fingerprint density at radius 2 is 1.77 bits per heavy atom. The Hall–Kier alpha value is -3.45. The summed E-state index contributed by atoms with van der Waals surface area (Å²) in [5.41, 5.74) is 1.44. The van der Waals surface area contributed by atoms with E-state index in [1.807, 2.05) is 48.5 Å². The lowest BCUT2D eigenvalue weighted by atomic mass is 10.1. The Labute approximate surface area is 175 Å². The Bertz CT molecular complexity index is 1030. The minimum absolute atomic E-state index is 0.0784. The van der Waals surface area contributed by atoms with Gasteiger partial charge >= 0.3 is 0 Å². The molecule has 4 rings (SSSR count). The first-order valence-corrected chi connectivity index (χ1v) is 10.0. The second-order valence-corrected chi connectivity index (χ2v) is 7.15. The number of anilines is 1. The molecular formula is C23H24N4O3. The number of amides is 2. The highest BCUT2D eigenvalue weighted by atomic mass is 16.5. The lowest BCUT2D eigenvalue weighted by molar-refractivity contribution is -0.120. The predicted octanol–water partition coefficient (Wildman–Crippen LogP) is 2.12. The molecule has 30 heavy (non-hydrogen) atoms. The standard InChI is InChI=1S/C23H24N4O3/c28-22(16-26-23(29)20-7-6-18-3-1-2-4-19(18)13-20)25-15-17-5-8-21(24-14-17)27-9-11-30-12-10-27/h1-8,13-14H,9-12,15-16H2,(H,25,28)(H,26,29). The van der Waals surface area contributed by atoms with Crippen molar-refractivity contribution < 1.29 is 14.3 Å². The molecule has 7 heteroatoms. The summed E-state index contributed by atoms with van der Waals surface area (Å²) in [7, 11) is 0. The maximum atomic E-state index is 12.3. The molecular weight excluding hydrogens is 380 g/mol. The molecule has 0 bridgehead atoms. The monoisotopic (exact) mass is 404 g/mol. The number of nitrogens with one attached hydrogen (secondary N) is 2. The molecule has 2 amide bonds. The van der Waals surface area contributed by atoms with Gasteiger partial charge in [-0.05, 0) is 34.5 Å². The third-order valence-corrected chi connectivity index (χ3v) is 5.06. The number of pyridine rings is 1. The van der Waals surface area contributed by atoms with Gasteiger partial charge in [-0.1, -0.05) is 36.4 Å². The molecule has 1 aliphatic heterocycles. The second kappa shape index (κ2) is 9.37. The Kier molecular flexibility index (Phi) is 6.20. The van der Waals surface area contributed by atoms with E-state index in [4.69, 9.17) is 4.74 Å². The van der Waals surface area contributed by atoms with Crippen LogP contribution < -0.4 is 15.5 Å². The van der Waals surface area contributed by atoms with Crippen molar-refractivity contribution in [2.45, 2.75) is 6.54 Å². The van der Waals surface area contributed by atoms with E-state index in [9.17, 15) is 9.59 Å². The highest BCUT2D eigenvalue weighted by molar-refractivity contribution is 5.99. The average molecular weight is 404 g/mol. The van der Waals surface area contributed by atoms with Crippen LogP contribution in [0.15, 0.2) is 60.8 Å². The molecule has 7 nitrogen and oxygen atoms in total. The Balaban J connectivity index is 1.24. The maximum absolute atomic E-state index is 12.3. The first kappa shape index (κ1) is 19.8.